The first-order chi connectivity index (χ1) is 5.13. The highest BCUT2D eigenvalue weighted by molar-refractivity contribution is 5.86. The first kappa shape index (κ1) is 7.64. The molecule has 0 bridgehead atoms. The highest BCUT2D eigenvalue weighted by Gasteiger charge is 2.21. The second-order valence-corrected chi connectivity index (χ2v) is 1.72. The number of nitrogens with zero attached hydrogens (tertiary/aromatic N) is 1. The number of aromatic nitrogens is 1. The van der Waals surface area contributed by atoms with Crippen LogP contribution in [-0.2, 0) is 0 Å². The van der Waals surface area contributed by atoms with Crippen molar-refractivity contribution in [1.29, 1.82) is 0 Å². The molecule has 0 fully saturated rings. The number of aromatic carboxylic acids is 1. The van der Waals surface area contributed by atoms with Crippen LogP contribution < -0.4 is 0 Å². The lowest BCUT2D eigenvalue weighted by Gasteiger charge is -1.91. The van der Waals surface area contributed by atoms with Gasteiger partial charge in [-0.3, -0.25) is 0 Å². The van der Waals surface area contributed by atoms with E-state index in [1.165, 1.54) is 0 Å². The predicted molar refractivity (Wildman–Crippen MR) is 28.4 cm³/mol. The molecule has 1 rings (SSSR count). The van der Waals surface area contributed by atoms with Gasteiger partial charge < -0.3 is 9.63 Å². The highest BCUT2D eigenvalue weighted by Crippen LogP contribution is 2.21. The molecule has 0 unspecified atom stereocenters. The van der Waals surface area contributed by atoms with E-state index < -0.39 is 23.7 Å². The molecule has 1 aromatic rings. The van der Waals surface area contributed by atoms with Crippen LogP contribution in [-0.4, -0.2) is 16.2 Å². The number of carboxylic acids is 1. The van der Waals surface area contributed by atoms with Crippen molar-refractivity contribution in [2.45, 2.75) is 6.43 Å². The Morgan fingerprint density at radius 2 is 2.36 bits per heavy atom. The summed E-state index contributed by atoms with van der Waals surface area (Å²) < 4.78 is 27.8. The Balaban J connectivity index is 3.06. The maximum absolute atomic E-state index is 11.9. The molecule has 0 aromatic carbocycles. The maximum Gasteiger partial charge on any atom is 0.358 e. The van der Waals surface area contributed by atoms with E-state index in [1.807, 2.05) is 0 Å². The third kappa shape index (κ3) is 1.34. The van der Waals surface area contributed by atoms with Crippen molar-refractivity contribution >= 4 is 5.97 Å². The molecule has 0 atom stereocenters. The van der Waals surface area contributed by atoms with E-state index in [9.17, 15) is 13.6 Å². The zero-order chi connectivity index (χ0) is 8.43. The van der Waals surface area contributed by atoms with Crippen molar-refractivity contribution in [3.05, 3.63) is 17.5 Å². The van der Waals surface area contributed by atoms with Crippen LogP contribution in [0.4, 0.5) is 8.78 Å². The average Bonchev–Trinajstić information content (AvgIpc) is 2.32. The summed E-state index contributed by atoms with van der Waals surface area (Å²) >= 11 is 0. The SMILES string of the molecule is O=C(O)c1nocc1C(F)F. The number of hydrogen-bond donors (Lipinski definition) is 1. The zero-order valence-corrected chi connectivity index (χ0v) is 5.12. The fourth-order valence-corrected chi connectivity index (χ4v) is 0.562. The fraction of sp³-hybridized carbons (Fsp3) is 0.200. The van der Waals surface area contributed by atoms with Crippen molar-refractivity contribution < 1.29 is 23.2 Å². The van der Waals surface area contributed by atoms with Gasteiger partial charge in [-0.1, -0.05) is 5.16 Å². The van der Waals surface area contributed by atoms with Crippen LogP contribution >= 0.6 is 0 Å². The van der Waals surface area contributed by atoms with E-state index in [4.69, 9.17) is 5.11 Å². The molecule has 0 saturated heterocycles. The minimum Gasteiger partial charge on any atom is -0.476 e. The topological polar surface area (TPSA) is 63.3 Å². The van der Waals surface area contributed by atoms with Crippen molar-refractivity contribution in [2.75, 3.05) is 0 Å². The molecule has 6 heteroatoms. The number of halogens is 2. The smallest absolute Gasteiger partial charge is 0.358 e. The van der Waals surface area contributed by atoms with Gasteiger partial charge in [0, 0.05) is 0 Å². The monoisotopic (exact) mass is 163 g/mol. The zero-order valence-electron chi connectivity index (χ0n) is 5.12. The summed E-state index contributed by atoms with van der Waals surface area (Å²) in [5, 5.41) is 11.1. The molecule has 0 aliphatic heterocycles. The molecule has 1 N–H and O–H groups in total. The van der Waals surface area contributed by atoms with Gasteiger partial charge in [0.2, 0.25) is 0 Å². The molecular formula is C5H3F2NO3. The molecule has 11 heavy (non-hydrogen) atoms. The van der Waals surface area contributed by atoms with Gasteiger partial charge in [0.25, 0.3) is 6.43 Å². The number of carboxylic acid groups (broad SMARTS) is 1. The normalized spacial score (nSPS) is 10.5. The van der Waals surface area contributed by atoms with E-state index in [-0.39, 0.29) is 0 Å². The highest BCUT2D eigenvalue weighted by atomic mass is 19.3. The Morgan fingerprint density at radius 3 is 2.73 bits per heavy atom. The standard InChI is InChI=1S/C5H3F2NO3/c6-4(7)2-1-11-8-3(2)5(9)10/h1,4H,(H,9,10). The maximum atomic E-state index is 11.9. The summed E-state index contributed by atoms with van der Waals surface area (Å²) in [5.41, 5.74) is -1.43. The van der Waals surface area contributed by atoms with Crippen LogP contribution in [0.15, 0.2) is 10.8 Å². The second kappa shape index (κ2) is 2.65. The predicted octanol–water partition coefficient (Wildman–Crippen LogP) is 1.31. The average molecular weight is 163 g/mol. The van der Waals surface area contributed by atoms with Gasteiger partial charge >= 0.3 is 5.97 Å². The van der Waals surface area contributed by atoms with Gasteiger partial charge in [0.15, 0.2) is 5.69 Å². The van der Waals surface area contributed by atoms with E-state index >= 15 is 0 Å². The minimum atomic E-state index is -2.87. The van der Waals surface area contributed by atoms with Crippen LogP contribution in [0.5, 0.6) is 0 Å². The first-order valence-electron chi connectivity index (χ1n) is 2.58. The van der Waals surface area contributed by atoms with E-state index in [2.05, 4.69) is 9.68 Å². The molecule has 0 amide bonds. The van der Waals surface area contributed by atoms with Crippen LogP contribution in [0, 0.1) is 0 Å². The Labute approximate surface area is 59.4 Å². The van der Waals surface area contributed by atoms with Crippen molar-refractivity contribution in [1.82, 2.24) is 5.16 Å². The Bertz CT molecular complexity index is 270. The van der Waals surface area contributed by atoms with Gasteiger partial charge in [-0.25, -0.2) is 13.6 Å². The second-order valence-electron chi connectivity index (χ2n) is 1.72. The molecule has 4 nitrogen and oxygen atoms in total. The molecule has 0 spiro atoms. The van der Waals surface area contributed by atoms with Crippen LogP contribution in [0.2, 0.25) is 0 Å². The summed E-state index contributed by atoms with van der Waals surface area (Å²) in [6.07, 6.45) is -2.25. The number of alkyl halides is 2. The molecule has 0 aliphatic carbocycles. The lowest BCUT2D eigenvalue weighted by Crippen LogP contribution is -2.00. The Morgan fingerprint density at radius 1 is 1.73 bits per heavy atom. The fourth-order valence-electron chi connectivity index (χ4n) is 0.562. The summed E-state index contributed by atoms with van der Waals surface area (Å²) in [7, 11) is 0. The Hall–Kier alpha value is -1.46. The van der Waals surface area contributed by atoms with Crippen LogP contribution in [0.25, 0.3) is 0 Å². The largest absolute Gasteiger partial charge is 0.476 e. The van der Waals surface area contributed by atoms with Gasteiger partial charge in [-0.05, 0) is 0 Å². The summed E-state index contributed by atoms with van der Waals surface area (Å²) in [6.45, 7) is 0. The summed E-state index contributed by atoms with van der Waals surface area (Å²) in [5.74, 6) is -1.52. The molecule has 0 radical (unpaired) electrons. The van der Waals surface area contributed by atoms with Gasteiger partial charge in [0.1, 0.15) is 6.26 Å². The van der Waals surface area contributed by atoms with Crippen LogP contribution in [0.3, 0.4) is 0 Å². The van der Waals surface area contributed by atoms with Crippen molar-refractivity contribution in [3.8, 4) is 0 Å². The van der Waals surface area contributed by atoms with Crippen molar-refractivity contribution in [3.63, 3.8) is 0 Å². The first-order valence-corrected chi connectivity index (χ1v) is 2.58. The number of rotatable bonds is 2. The van der Waals surface area contributed by atoms with Gasteiger partial charge in [-0.2, -0.15) is 0 Å². The third-order valence-corrected chi connectivity index (χ3v) is 1.03. The molecule has 1 aromatic heterocycles. The van der Waals surface area contributed by atoms with E-state index in [0.717, 1.165) is 0 Å². The number of carbonyl (C=O) groups is 1. The minimum absolute atomic E-state index is 0.619. The lowest BCUT2D eigenvalue weighted by molar-refractivity contribution is 0.0675. The Kier molecular flexibility index (Phi) is 1.84. The van der Waals surface area contributed by atoms with Crippen molar-refractivity contribution in [2.24, 2.45) is 0 Å². The van der Waals surface area contributed by atoms with E-state index in [1.54, 1.807) is 0 Å². The van der Waals surface area contributed by atoms with Gasteiger partial charge in [0.05, 0.1) is 5.56 Å². The molecule has 60 valence electrons. The molecule has 0 saturated carbocycles. The quantitative estimate of drug-likeness (QED) is 0.713. The van der Waals surface area contributed by atoms with E-state index in [0.29, 0.717) is 6.26 Å². The molecular weight excluding hydrogens is 160 g/mol. The summed E-state index contributed by atoms with van der Waals surface area (Å²) in [6, 6.07) is 0. The number of hydrogen-bond acceptors (Lipinski definition) is 3. The molecule has 0 aliphatic rings. The third-order valence-electron chi connectivity index (χ3n) is 1.03. The molecule has 1 heterocycles. The summed E-state index contributed by atoms with van der Waals surface area (Å²) in [4.78, 5) is 10.1. The lowest BCUT2D eigenvalue weighted by atomic mass is 10.2. The van der Waals surface area contributed by atoms with Gasteiger partial charge in [-0.15, -0.1) is 0 Å². The van der Waals surface area contributed by atoms with Crippen LogP contribution in [0.1, 0.15) is 22.5 Å².